The van der Waals surface area contributed by atoms with E-state index < -0.39 is 11.6 Å². The molecule has 0 unspecified atom stereocenters. The molecule has 0 amide bonds. The number of hydrogen-bond donors (Lipinski definition) is 0. The fourth-order valence-corrected chi connectivity index (χ4v) is 4.03. The van der Waals surface area contributed by atoms with Crippen LogP contribution in [0.4, 0.5) is 13.2 Å². The molecule has 0 N–H and O–H groups in total. The summed E-state index contributed by atoms with van der Waals surface area (Å²) in [6.45, 7) is 4.68. The number of rotatable bonds is 6. The summed E-state index contributed by atoms with van der Waals surface area (Å²) < 4.78 is 54.8. The van der Waals surface area contributed by atoms with Gasteiger partial charge in [0.1, 0.15) is 5.82 Å². The average Bonchev–Trinajstić information content (AvgIpc) is 2.81. The zero-order valence-corrected chi connectivity index (χ0v) is 18.3. The Morgan fingerprint density at radius 2 is 1.47 bits per heavy atom. The molecule has 1 aliphatic heterocycles. The van der Waals surface area contributed by atoms with Crippen molar-refractivity contribution in [1.82, 2.24) is 0 Å². The number of benzene rings is 3. The van der Waals surface area contributed by atoms with Crippen molar-refractivity contribution in [1.29, 1.82) is 0 Å². The summed E-state index contributed by atoms with van der Waals surface area (Å²) in [5.74, 6) is -2.05. The third kappa shape index (κ3) is 4.74. The minimum Gasteiger partial charge on any atom is -0.352 e. The van der Waals surface area contributed by atoms with Crippen LogP contribution < -0.4 is 0 Å². The Kier molecular flexibility index (Phi) is 6.97. The van der Waals surface area contributed by atoms with Crippen molar-refractivity contribution in [3.8, 4) is 22.3 Å². The van der Waals surface area contributed by atoms with Crippen LogP contribution in [0, 0.1) is 17.5 Å². The van der Waals surface area contributed by atoms with Gasteiger partial charge in [0, 0.05) is 11.5 Å². The van der Waals surface area contributed by atoms with E-state index in [0.717, 1.165) is 18.4 Å². The van der Waals surface area contributed by atoms with Crippen LogP contribution in [-0.4, -0.2) is 19.5 Å². The molecule has 0 radical (unpaired) electrons. The molecule has 2 nitrogen and oxygen atoms in total. The van der Waals surface area contributed by atoms with E-state index >= 15 is 0 Å². The molecular weight excluding hydrogens is 413 g/mol. The quantitative estimate of drug-likeness (QED) is 0.402. The largest absolute Gasteiger partial charge is 0.352 e. The van der Waals surface area contributed by atoms with Crippen LogP contribution in [0.15, 0.2) is 54.6 Å². The van der Waals surface area contributed by atoms with Gasteiger partial charge in [-0.2, -0.15) is 0 Å². The first kappa shape index (κ1) is 22.6. The smallest absolute Gasteiger partial charge is 0.166 e. The van der Waals surface area contributed by atoms with Crippen molar-refractivity contribution in [2.75, 3.05) is 13.2 Å². The highest BCUT2D eigenvalue weighted by Gasteiger charge is 2.23. The molecule has 0 saturated carbocycles. The topological polar surface area (TPSA) is 18.5 Å². The average molecular weight is 441 g/mol. The Hall–Kier alpha value is -2.63. The van der Waals surface area contributed by atoms with E-state index in [0.29, 0.717) is 41.9 Å². The summed E-state index contributed by atoms with van der Waals surface area (Å²) in [7, 11) is 0. The van der Waals surface area contributed by atoms with E-state index in [4.69, 9.17) is 9.47 Å². The molecule has 1 saturated heterocycles. The van der Waals surface area contributed by atoms with Gasteiger partial charge in [0.25, 0.3) is 0 Å². The fraction of sp³-hybridized carbons (Fsp3) is 0.333. The number of ether oxygens (including phenoxy) is 2. The molecule has 0 spiro atoms. The van der Waals surface area contributed by atoms with Gasteiger partial charge in [-0.15, -0.1) is 0 Å². The van der Waals surface area contributed by atoms with E-state index in [9.17, 15) is 13.2 Å². The third-order valence-corrected chi connectivity index (χ3v) is 6.00. The van der Waals surface area contributed by atoms with Crippen LogP contribution in [-0.2, 0) is 15.9 Å². The normalized spacial score (nSPS) is 18.7. The lowest BCUT2D eigenvalue weighted by Crippen LogP contribution is -2.29. The van der Waals surface area contributed by atoms with Gasteiger partial charge >= 0.3 is 0 Å². The lowest BCUT2D eigenvalue weighted by Gasteiger charge is -2.27. The fourth-order valence-electron chi connectivity index (χ4n) is 4.03. The molecule has 0 atom stereocenters. The second-order valence-corrected chi connectivity index (χ2v) is 8.25. The molecule has 0 aliphatic carbocycles. The molecule has 0 bridgehead atoms. The molecule has 3 aromatic rings. The first-order chi connectivity index (χ1) is 15.5. The summed E-state index contributed by atoms with van der Waals surface area (Å²) in [6, 6.07) is 15.4. The number of hydrogen-bond acceptors (Lipinski definition) is 2. The van der Waals surface area contributed by atoms with Gasteiger partial charge in [-0.1, -0.05) is 61.9 Å². The molecule has 1 aliphatic rings. The van der Waals surface area contributed by atoms with Crippen molar-refractivity contribution in [3.63, 3.8) is 0 Å². The lowest BCUT2D eigenvalue weighted by atomic mass is 9.94. The second kappa shape index (κ2) is 9.88. The predicted octanol–water partition coefficient (Wildman–Crippen LogP) is 7.26. The van der Waals surface area contributed by atoms with Gasteiger partial charge in [0.2, 0.25) is 0 Å². The van der Waals surface area contributed by atoms with Crippen molar-refractivity contribution in [2.45, 2.75) is 45.3 Å². The minimum absolute atomic E-state index is 0.138. The second-order valence-electron chi connectivity index (χ2n) is 8.25. The van der Waals surface area contributed by atoms with Gasteiger partial charge < -0.3 is 9.47 Å². The van der Waals surface area contributed by atoms with E-state index in [1.54, 1.807) is 42.5 Å². The zero-order valence-electron chi connectivity index (χ0n) is 18.3. The van der Waals surface area contributed by atoms with Crippen LogP contribution in [0.25, 0.3) is 22.3 Å². The highest BCUT2D eigenvalue weighted by molar-refractivity contribution is 5.71. The monoisotopic (exact) mass is 440 g/mol. The maximum Gasteiger partial charge on any atom is 0.166 e. The first-order valence-electron chi connectivity index (χ1n) is 11.1. The highest BCUT2D eigenvalue weighted by Crippen LogP contribution is 2.31. The Morgan fingerprint density at radius 3 is 2.12 bits per heavy atom. The molecule has 5 heteroatoms. The summed E-state index contributed by atoms with van der Waals surface area (Å²) in [5.41, 5.74) is 3.29. The molecule has 168 valence electrons. The SMILES string of the molecule is CCCCc1ccc(-c2ccc(-c3ccc(C4COC(C)OC4)c(F)c3)cc2)c(F)c1F. The van der Waals surface area contributed by atoms with Gasteiger partial charge in [0.05, 0.1) is 13.2 Å². The van der Waals surface area contributed by atoms with Crippen LogP contribution in [0.3, 0.4) is 0 Å². The van der Waals surface area contributed by atoms with Crippen molar-refractivity contribution < 1.29 is 22.6 Å². The molecule has 32 heavy (non-hydrogen) atoms. The maximum atomic E-state index is 14.8. The Balaban J connectivity index is 1.54. The van der Waals surface area contributed by atoms with Crippen LogP contribution in [0.5, 0.6) is 0 Å². The minimum atomic E-state index is -0.826. The summed E-state index contributed by atoms with van der Waals surface area (Å²) in [4.78, 5) is 0. The van der Waals surface area contributed by atoms with E-state index in [1.807, 2.05) is 19.9 Å². The van der Waals surface area contributed by atoms with E-state index in [2.05, 4.69) is 0 Å². The van der Waals surface area contributed by atoms with Gasteiger partial charge in [-0.3, -0.25) is 0 Å². The van der Waals surface area contributed by atoms with Crippen LogP contribution in [0.1, 0.15) is 43.7 Å². The molecule has 3 aromatic carbocycles. The lowest BCUT2D eigenvalue weighted by molar-refractivity contribution is -0.176. The summed E-state index contributed by atoms with van der Waals surface area (Å²) in [5, 5.41) is 0. The number of halogens is 3. The van der Waals surface area contributed by atoms with Crippen molar-refractivity contribution >= 4 is 0 Å². The van der Waals surface area contributed by atoms with Gasteiger partial charge in [-0.05, 0) is 53.6 Å². The highest BCUT2D eigenvalue weighted by atomic mass is 19.2. The molecular formula is C27H27F3O2. The Bertz CT molecular complexity index is 1070. The molecule has 4 rings (SSSR count). The number of aryl methyl sites for hydroxylation is 1. The summed E-state index contributed by atoms with van der Waals surface area (Å²) in [6.07, 6.45) is 2.00. The summed E-state index contributed by atoms with van der Waals surface area (Å²) >= 11 is 0. The van der Waals surface area contributed by atoms with E-state index in [1.165, 1.54) is 6.07 Å². The van der Waals surface area contributed by atoms with Crippen LogP contribution in [0.2, 0.25) is 0 Å². The standard InChI is InChI=1S/C27H27F3O2/c1-3-4-5-20-10-13-24(27(30)26(20)29)19-8-6-18(7-9-19)21-11-12-23(25(28)14-21)22-15-31-17(2)32-16-22/h6-14,17,22H,3-5,15-16H2,1-2H3. The van der Waals surface area contributed by atoms with Crippen molar-refractivity contribution in [3.05, 3.63) is 83.2 Å². The maximum absolute atomic E-state index is 14.8. The third-order valence-electron chi connectivity index (χ3n) is 6.00. The number of unbranched alkanes of at least 4 members (excludes halogenated alkanes) is 1. The Labute approximate surface area is 187 Å². The predicted molar refractivity (Wildman–Crippen MR) is 120 cm³/mol. The van der Waals surface area contributed by atoms with Crippen LogP contribution >= 0.6 is 0 Å². The first-order valence-corrected chi connectivity index (χ1v) is 11.1. The van der Waals surface area contributed by atoms with E-state index in [-0.39, 0.29) is 23.6 Å². The molecule has 0 aromatic heterocycles. The zero-order chi connectivity index (χ0) is 22.7. The van der Waals surface area contributed by atoms with Crippen molar-refractivity contribution in [2.24, 2.45) is 0 Å². The molecule has 1 heterocycles. The van der Waals surface area contributed by atoms with Gasteiger partial charge in [0.15, 0.2) is 17.9 Å². The molecule has 1 fully saturated rings. The Morgan fingerprint density at radius 1 is 0.812 bits per heavy atom. The van der Waals surface area contributed by atoms with Gasteiger partial charge in [-0.25, -0.2) is 13.2 Å².